The molecule has 4 nitrogen and oxygen atoms in total. The Morgan fingerprint density at radius 2 is 2.00 bits per heavy atom. The first-order valence-corrected chi connectivity index (χ1v) is 7.27. The number of para-hydroxylation sites is 1. The van der Waals surface area contributed by atoms with E-state index < -0.39 is 11.7 Å². The number of pyridine rings is 1. The fraction of sp³-hybridized carbons (Fsp3) is 0.412. The SMILES string of the molecule is CCCc1nc2ccccc2cc1NC(=O)OC(C)(C)C. The van der Waals surface area contributed by atoms with Crippen molar-refractivity contribution >= 4 is 22.7 Å². The molecule has 0 radical (unpaired) electrons. The summed E-state index contributed by atoms with van der Waals surface area (Å²) in [6.45, 7) is 7.63. The van der Waals surface area contributed by atoms with Crippen molar-refractivity contribution in [2.45, 2.75) is 46.1 Å². The first-order valence-electron chi connectivity index (χ1n) is 7.27. The molecule has 0 aliphatic carbocycles. The summed E-state index contributed by atoms with van der Waals surface area (Å²) in [5.41, 5.74) is 2.04. The van der Waals surface area contributed by atoms with Crippen LogP contribution in [0, 0.1) is 0 Å². The van der Waals surface area contributed by atoms with E-state index in [-0.39, 0.29) is 0 Å². The molecule has 1 amide bonds. The van der Waals surface area contributed by atoms with Crippen LogP contribution in [0.2, 0.25) is 0 Å². The quantitative estimate of drug-likeness (QED) is 0.901. The number of nitrogens with one attached hydrogen (secondary N) is 1. The molecule has 0 aliphatic heterocycles. The lowest BCUT2D eigenvalue weighted by atomic mass is 10.1. The van der Waals surface area contributed by atoms with Gasteiger partial charge < -0.3 is 4.74 Å². The van der Waals surface area contributed by atoms with Gasteiger partial charge in [-0.15, -0.1) is 0 Å². The van der Waals surface area contributed by atoms with E-state index in [0.717, 1.165) is 35.1 Å². The van der Waals surface area contributed by atoms with Crippen LogP contribution in [0.5, 0.6) is 0 Å². The van der Waals surface area contributed by atoms with Crippen molar-refractivity contribution in [3.8, 4) is 0 Å². The Morgan fingerprint density at radius 3 is 2.67 bits per heavy atom. The van der Waals surface area contributed by atoms with E-state index in [1.807, 2.05) is 51.1 Å². The van der Waals surface area contributed by atoms with E-state index in [1.54, 1.807) is 0 Å². The summed E-state index contributed by atoms with van der Waals surface area (Å²) in [5, 5.41) is 3.82. The molecular formula is C17H22N2O2. The number of amides is 1. The van der Waals surface area contributed by atoms with Gasteiger partial charge >= 0.3 is 6.09 Å². The third-order valence-electron chi connectivity index (χ3n) is 2.93. The number of hydrogen-bond acceptors (Lipinski definition) is 3. The maximum atomic E-state index is 12.0. The minimum atomic E-state index is -0.515. The van der Waals surface area contributed by atoms with E-state index in [2.05, 4.69) is 17.2 Å². The van der Waals surface area contributed by atoms with Gasteiger partial charge in [-0.05, 0) is 39.3 Å². The lowest BCUT2D eigenvalue weighted by molar-refractivity contribution is 0.0635. The van der Waals surface area contributed by atoms with Crippen LogP contribution in [-0.4, -0.2) is 16.7 Å². The number of carbonyl (C=O) groups is 1. The van der Waals surface area contributed by atoms with E-state index in [0.29, 0.717) is 0 Å². The Balaban J connectivity index is 2.32. The second kappa shape index (κ2) is 6.12. The molecule has 1 aromatic carbocycles. The molecule has 21 heavy (non-hydrogen) atoms. The molecule has 0 fully saturated rings. The third kappa shape index (κ3) is 4.18. The minimum absolute atomic E-state index is 0.447. The van der Waals surface area contributed by atoms with Crippen molar-refractivity contribution in [3.63, 3.8) is 0 Å². The zero-order chi connectivity index (χ0) is 15.5. The third-order valence-corrected chi connectivity index (χ3v) is 2.93. The van der Waals surface area contributed by atoms with Gasteiger partial charge in [-0.3, -0.25) is 10.3 Å². The molecule has 0 aliphatic rings. The van der Waals surface area contributed by atoms with Crippen molar-refractivity contribution in [1.29, 1.82) is 0 Å². The highest BCUT2D eigenvalue weighted by Gasteiger charge is 2.17. The van der Waals surface area contributed by atoms with Crippen LogP contribution < -0.4 is 5.32 Å². The molecule has 0 bridgehead atoms. The van der Waals surface area contributed by atoms with Crippen molar-refractivity contribution < 1.29 is 9.53 Å². The fourth-order valence-corrected chi connectivity index (χ4v) is 2.11. The maximum Gasteiger partial charge on any atom is 0.412 e. The van der Waals surface area contributed by atoms with E-state index in [9.17, 15) is 4.79 Å². The van der Waals surface area contributed by atoms with Crippen molar-refractivity contribution in [2.24, 2.45) is 0 Å². The maximum absolute atomic E-state index is 12.0. The van der Waals surface area contributed by atoms with Gasteiger partial charge in [-0.1, -0.05) is 31.5 Å². The Hall–Kier alpha value is -2.10. The standard InChI is InChI=1S/C17H22N2O2/c1-5-8-14-15(19-16(20)21-17(2,3)4)11-12-9-6-7-10-13(12)18-14/h6-7,9-11H,5,8H2,1-4H3,(H,19,20). The predicted molar refractivity (Wildman–Crippen MR) is 85.6 cm³/mol. The van der Waals surface area contributed by atoms with Crippen LogP contribution >= 0.6 is 0 Å². The largest absolute Gasteiger partial charge is 0.444 e. The van der Waals surface area contributed by atoms with Gasteiger partial charge in [0.1, 0.15) is 5.60 Å². The summed E-state index contributed by atoms with van der Waals surface area (Å²) in [6.07, 6.45) is 1.33. The van der Waals surface area contributed by atoms with Gasteiger partial charge in [-0.25, -0.2) is 4.79 Å². The van der Waals surface area contributed by atoms with Gasteiger partial charge in [0.05, 0.1) is 16.9 Å². The average molecular weight is 286 g/mol. The fourth-order valence-electron chi connectivity index (χ4n) is 2.11. The van der Waals surface area contributed by atoms with E-state index in [4.69, 9.17) is 4.74 Å². The molecule has 1 N–H and O–H groups in total. The first-order chi connectivity index (χ1) is 9.89. The van der Waals surface area contributed by atoms with Crippen LogP contribution in [0.4, 0.5) is 10.5 Å². The molecule has 0 saturated heterocycles. The van der Waals surface area contributed by atoms with E-state index >= 15 is 0 Å². The van der Waals surface area contributed by atoms with Crippen molar-refractivity contribution in [3.05, 3.63) is 36.0 Å². The number of aryl methyl sites for hydroxylation is 1. The molecule has 2 rings (SSSR count). The number of benzene rings is 1. The summed E-state index contributed by atoms with van der Waals surface area (Å²) >= 11 is 0. The number of hydrogen-bond donors (Lipinski definition) is 1. The van der Waals surface area contributed by atoms with Gasteiger partial charge in [0, 0.05) is 5.39 Å². The molecule has 0 atom stereocenters. The van der Waals surface area contributed by atoms with Gasteiger partial charge in [0.2, 0.25) is 0 Å². The highest BCUT2D eigenvalue weighted by molar-refractivity contribution is 5.90. The molecule has 4 heteroatoms. The molecule has 112 valence electrons. The molecular weight excluding hydrogens is 264 g/mol. The summed E-state index contributed by atoms with van der Waals surface area (Å²) in [4.78, 5) is 16.6. The number of anilines is 1. The van der Waals surface area contributed by atoms with Crippen LogP contribution in [0.15, 0.2) is 30.3 Å². The minimum Gasteiger partial charge on any atom is -0.444 e. The molecule has 0 unspecified atom stereocenters. The second-order valence-electron chi connectivity index (χ2n) is 6.05. The molecule has 1 aromatic heterocycles. The number of carbonyl (C=O) groups excluding carboxylic acids is 1. The number of rotatable bonds is 3. The highest BCUT2D eigenvalue weighted by atomic mass is 16.6. The molecule has 0 saturated carbocycles. The first kappa shape index (κ1) is 15.3. The summed E-state index contributed by atoms with van der Waals surface area (Å²) in [7, 11) is 0. The van der Waals surface area contributed by atoms with Crippen LogP contribution in [0.1, 0.15) is 39.8 Å². The highest BCUT2D eigenvalue weighted by Crippen LogP contribution is 2.23. The molecule has 1 heterocycles. The van der Waals surface area contributed by atoms with Crippen LogP contribution in [-0.2, 0) is 11.2 Å². The number of aromatic nitrogens is 1. The van der Waals surface area contributed by atoms with Crippen LogP contribution in [0.3, 0.4) is 0 Å². The zero-order valence-electron chi connectivity index (χ0n) is 13.1. The normalized spacial score (nSPS) is 11.4. The van der Waals surface area contributed by atoms with E-state index in [1.165, 1.54) is 0 Å². The average Bonchev–Trinajstić information content (AvgIpc) is 2.37. The topological polar surface area (TPSA) is 51.2 Å². The second-order valence-corrected chi connectivity index (χ2v) is 6.05. The number of fused-ring (bicyclic) bond motifs is 1. The Morgan fingerprint density at radius 1 is 1.29 bits per heavy atom. The Bertz CT molecular complexity index is 645. The molecule has 2 aromatic rings. The monoisotopic (exact) mass is 286 g/mol. The zero-order valence-corrected chi connectivity index (χ0v) is 13.1. The van der Waals surface area contributed by atoms with Crippen molar-refractivity contribution in [1.82, 2.24) is 4.98 Å². The lowest BCUT2D eigenvalue weighted by Crippen LogP contribution is -2.27. The lowest BCUT2D eigenvalue weighted by Gasteiger charge is -2.20. The summed E-state index contributed by atoms with van der Waals surface area (Å²) in [5.74, 6) is 0. The van der Waals surface area contributed by atoms with Gasteiger partial charge in [-0.2, -0.15) is 0 Å². The Kier molecular flexibility index (Phi) is 4.46. The summed E-state index contributed by atoms with van der Waals surface area (Å²) < 4.78 is 5.31. The number of nitrogens with zero attached hydrogens (tertiary/aromatic N) is 1. The predicted octanol–water partition coefficient (Wildman–Crippen LogP) is 4.53. The summed E-state index contributed by atoms with van der Waals surface area (Å²) in [6, 6.07) is 9.84. The van der Waals surface area contributed by atoms with Gasteiger partial charge in [0.15, 0.2) is 0 Å². The smallest absolute Gasteiger partial charge is 0.412 e. The molecule has 0 spiro atoms. The number of ether oxygens (including phenoxy) is 1. The van der Waals surface area contributed by atoms with Gasteiger partial charge in [0.25, 0.3) is 0 Å². The van der Waals surface area contributed by atoms with Crippen LogP contribution in [0.25, 0.3) is 10.9 Å². The van der Waals surface area contributed by atoms with Crippen molar-refractivity contribution in [2.75, 3.05) is 5.32 Å². The Labute approximate surface area is 125 Å².